The smallest absolute Gasteiger partial charge is 0.227 e. The van der Waals surface area contributed by atoms with Crippen LogP contribution in [0.25, 0.3) is 0 Å². The van der Waals surface area contributed by atoms with Gasteiger partial charge in [-0.15, -0.1) is 0 Å². The number of anilines is 1. The molecular weight excluding hydrogens is 290 g/mol. The minimum absolute atomic E-state index is 0.00616. The van der Waals surface area contributed by atoms with E-state index in [0.717, 1.165) is 16.9 Å². The van der Waals surface area contributed by atoms with Crippen molar-refractivity contribution < 1.29 is 9.59 Å². The molecule has 1 aliphatic rings. The molecule has 1 saturated heterocycles. The Kier molecular flexibility index (Phi) is 4.37. The molecule has 5 nitrogen and oxygen atoms in total. The van der Waals surface area contributed by atoms with Crippen LogP contribution in [0.4, 0.5) is 5.69 Å². The van der Waals surface area contributed by atoms with E-state index in [-0.39, 0.29) is 24.2 Å². The number of benzene rings is 1. The lowest BCUT2D eigenvalue weighted by Crippen LogP contribution is -2.32. The molecule has 118 valence electrons. The van der Waals surface area contributed by atoms with E-state index >= 15 is 0 Å². The Morgan fingerprint density at radius 3 is 2.74 bits per heavy atom. The summed E-state index contributed by atoms with van der Waals surface area (Å²) in [6.45, 7) is 2.79. The van der Waals surface area contributed by atoms with E-state index in [1.54, 1.807) is 11.1 Å². The van der Waals surface area contributed by atoms with Crippen LogP contribution in [0.5, 0.6) is 0 Å². The fraction of sp³-hybridized carbons (Fsp3) is 0.278. The summed E-state index contributed by atoms with van der Waals surface area (Å²) in [6, 6.07) is 13.3. The van der Waals surface area contributed by atoms with Crippen molar-refractivity contribution in [3.8, 4) is 0 Å². The highest BCUT2D eigenvalue weighted by Gasteiger charge is 2.34. The topological polar surface area (TPSA) is 62.3 Å². The van der Waals surface area contributed by atoms with Gasteiger partial charge in [0.2, 0.25) is 11.8 Å². The second-order valence-electron chi connectivity index (χ2n) is 5.77. The molecule has 2 heterocycles. The van der Waals surface area contributed by atoms with Gasteiger partial charge in [-0.2, -0.15) is 0 Å². The van der Waals surface area contributed by atoms with Gasteiger partial charge in [0.05, 0.1) is 5.92 Å². The Morgan fingerprint density at radius 1 is 1.26 bits per heavy atom. The maximum Gasteiger partial charge on any atom is 0.227 e. The normalized spacial score (nSPS) is 17.3. The minimum Gasteiger partial charge on any atom is -0.352 e. The van der Waals surface area contributed by atoms with Crippen LogP contribution in [-0.4, -0.2) is 23.3 Å². The van der Waals surface area contributed by atoms with E-state index < -0.39 is 0 Å². The lowest BCUT2D eigenvalue weighted by atomic mass is 10.1. The molecule has 5 heteroatoms. The highest BCUT2D eigenvalue weighted by Crippen LogP contribution is 2.24. The average molecular weight is 309 g/mol. The number of nitrogens with one attached hydrogen (secondary N) is 1. The Labute approximate surface area is 135 Å². The highest BCUT2D eigenvalue weighted by molar-refractivity contribution is 6.00. The van der Waals surface area contributed by atoms with E-state index in [9.17, 15) is 9.59 Å². The predicted octanol–water partition coefficient (Wildman–Crippen LogP) is 2.06. The van der Waals surface area contributed by atoms with E-state index in [1.807, 2.05) is 49.4 Å². The fourth-order valence-electron chi connectivity index (χ4n) is 2.68. The van der Waals surface area contributed by atoms with Gasteiger partial charge in [-0.1, -0.05) is 24.3 Å². The van der Waals surface area contributed by atoms with Crippen LogP contribution in [0.2, 0.25) is 0 Å². The van der Waals surface area contributed by atoms with Crippen LogP contribution >= 0.6 is 0 Å². The number of pyridine rings is 1. The van der Waals surface area contributed by atoms with Crippen molar-refractivity contribution in [1.29, 1.82) is 0 Å². The summed E-state index contributed by atoms with van der Waals surface area (Å²) in [5.74, 6) is -0.396. The molecule has 1 aliphatic heterocycles. The van der Waals surface area contributed by atoms with E-state index in [2.05, 4.69) is 10.3 Å². The number of amides is 2. The molecule has 1 aromatic heterocycles. The van der Waals surface area contributed by atoms with Gasteiger partial charge in [0, 0.05) is 37.1 Å². The highest BCUT2D eigenvalue weighted by atomic mass is 16.2. The number of aryl methyl sites for hydroxylation is 1. The third-order valence-electron chi connectivity index (χ3n) is 4.00. The number of rotatable bonds is 4. The number of aromatic nitrogens is 1. The molecule has 1 fully saturated rings. The number of para-hydroxylation sites is 1. The predicted molar refractivity (Wildman–Crippen MR) is 87.7 cm³/mol. The first kappa shape index (κ1) is 15.2. The Balaban J connectivity index is 1.58. The number of nitrogens with zero attached hydrogens (tertiary/aromatic N) is 2. The van der Waals surface area contributed by atoms with Crippen molar-refractivity contribution in [2.45, 2.75) is 19.9 Å². The quantitative estimate of drug-likeness (QED) is 0.940. The first-order valence-electron chi connectivity index (χ1n) is 7.68. The zero-order valence-electron chi connectivity index (χ0n) is 13.0. The molecule has 3 rings (SSSR count). The second-order valence-corrected chi connectivity index (χ2v) is 5.77. The van der Waals surface area contributed by atoms with Gasteiger partial charge in [0.1, 0.15) is 0 Å². The molecule has 0 saturated carbocycles. The summed E-state index contributed by atoms with van der Waals surface area (Å²) >= 11 is 0. The zero-order chi connectivity index (χ0) is 16.2. The van der Waals surface area contributed by atoms with Crippen LogP contribution < -0.4 is 10.2 Å². The molecule has 2 aromatic rings. The maximum atomic E-state index is 12.3. The Hall–Kier alpha value is -2.69. The fourth-order valence-corrected chi connectivity index (χ4v) is 2.68. The first-order valence-corrected chi connectivity index (χ1v) is 7.68. The molecule has 0 spiro atoms. The summed E-state index contributed by atoms with van der Waals surface area (Å²) in [5.41, 5.74) is 2.74. The molecule has 1 aromatic carbocycles. The van der Waals surface area contributed by atoms with Gasteiger partial charge in [-0.25, -0.2) is 0 Å². The van der Waals surface area contributed by atoms with Gasteiger partial charge in [0.25, 0.3) is 0 Å². The maximum absolute atomic E-state index is 12.3. The van der Waals surface area contributed by atoms with Gasteiger partial charge in [-0.05, 0) is 30.7 Å². The molecule has 0 aliphatic carbocycles. The van der Waals surface area contributed by atoms with Crippen molar-refractivity contribution in [1.82, 2.24) is 10.3 Å². The van der Waals surface area contributed by atoms with Crippen LogP contribution in [0, 0.1) is 12.8 Å². The Morgan fingerprint density at radius 2 is 2.04 bits per heavy atom. The summed E-state index contributed by atoms with van der Waals surface area (Å²) in [5, 5.41) is 2.90. The molecule has 0 unspecified atom stereocenters. The van der Waals surface area contributed by atoms with Gasteiger partial charge in [0.15, 0.2) is 0 Å². The summed E-state index contributed by atoms with van der Waals surface area (Å²) in [6.07, 6.45) is 2.01. The lowest BCUT2D eigenvalue weighted by molar-refractivity contribution is -0.126. The molecule has 23 heavy (non-hydrogen) atoms. The largest absolute Gasteiger partial charge is 0.352 e. The van der Waals surface area contributed by atoms with E-state index in [1.165, 1.54) is 0 Å². The molecule has 1 atom stereocenters. The van der Waals surface area contributed by atoms with Crippen LogP contribution in [-0.2, 0) is 16.1 Å². The lowest BCUT2D eigenvalue weighted by Gasteiger charge is -2.16. The molecule has 0 bridgehead atoms. The monoisotopic (exact) mass is 309 g/mol. The van der Waals surface area contributed by atoms with Gasteiger partial charge < -0.3 is 10.2 Å². The SMILES string of the molecule is Cc1ccc(CNC(=O)[C@H]2CC(=O)N(c3ccccc3)C2)cn1. The number of carbonyl (C=O) groups is 2. The van der Waals surface area contributed by atoms with Crippen molar-refractivity contribution in [3.63, 3.8) is 0 Å². The summed E-state index contributed by atoms with van der Waals surface area (Å²) in [7, 11) is 0. The van der Waals surface area contributed by atoms with E-state index in [4.69, 9.17) is 0 Å². The van der Waals surface area contributed by atoms with Crippen molar-refractivity contribution in [2.24, 2.45) is 5.92 Å². The van der Waals surface area contributed by atoms with Gasteiger partial charge >= 0.3 is 0 Å². The number of hydrogen-bond acceptors (Lipinski definition) is 3. The average Bonchev–Trinajstić information content (AvgIpc) is 2.97. The van der Waals surface area contributed by atoms with Crippen molar-refractivity contribution in [3.05, 3.63) is 59.9 Å². The molecule has 1 N–H and O–H groups in total. The molecular formula is C18H19N3O2. The summed E-state index contributed by atoms with van der Waals surface area (Å²) in [4.78, 5) is 30.3. The van der Waals surface area contributed by atoms with Gasteiger partial charge in [-0.3, -0.25) is 14.6 Å². The van der Waals surface area contributed by atoms with Crippen molar-refractivity contribution >= 4 is 17.5 Å². The van der Waals surface area contributed by atoms with Crippen LogP contribution in [0.1, 0.15) is 17.7 Å². The first-order chi connectivity index (χ1) is 11.1. The zero-order valence-corrected chi connectivity index (χ0v) is 13.0. The van der Waals surface area contributed by atoms with E-state index in [0.29, 0.717) is 13.1 Å². The second kappa shape index (κ2) is 6.60. The number of carbonyl (C=O) groups excluding carboxylic acids is 2. The Bertz CT molecular complexity index is 698. The molecule has 2 amide bonds. The minimum atomic E-state index is -0.305. The standard InChI is InChI=1S/C18H19N3O2/c1-13-7-8-14(10-19-13)11-20-18(23)15-9-17(22)21(12-15)16-5-3-2-4-6-16/h2-8,10,15H,9,11-12H2,1H3,(H,20,23)/t15-/m0/s1. The van der Waals surface area contributed by atoms with Crippen LogP contribution in [0.3, 0.4) is 0 Å². The third-order valence-corrected chi connectivity index (χ3v) is 4.00. The van der Waals surface area contributed by atoms with Crippen LogP contribution in [0.15, 0.2) is 48.7 Å². The summed E-state index contributed by atoms with van der Waals surface area (Å²) < 4.78 is 0. The van der Waals surface area contributed by atoms with Crippen molar-refractivity contribution in [2.75, 3.05) is 11.4 Å². The molecule has 0 radical (unpaired) electrons. The third kappa shape index (κ3) is 3.56. The number of hydrogen-bond donors (Lipinski definition) is 1.